The molecule has 2 saturated carbocycles. The van der Waals surface area contributed by atoms with Crippen LogP contribution in [0, 0.1) is 5.92 Å². The molecule has 0 radical (unpaired) electrons. The predicted octanol–water partition coefficient (Wildman–Crippen LogP) is 1.82. The van der Waals surface area contributed by atoms with Gasteiger partial charge < -0.3 is 10.6 Å². The molecule has 2 aliphatic carbocycles. The van der Waals surface area contributed by atoms with Gasteiger partial charge in [-0.1, -0.05) is 26.2 Å². The fourth-order valence-corrected chi connectivity index (χ4v) is 2.70. The van der Waals surface area contributed by atoms with E-state index < -0.39 is 0 Å². The largest absolute Gasteiger partial charge is 0.352 e. The molecule has 3 nitrogen and oxygen atoms in total. The first-order valence-corrected chi connectivity index (χ1v) is 6.77. The summed E-state index contributed by atoms with van der Waals surface area (Å²) in [6, 6.07) is 1.01. The monoisotopic (exact) mass is 224 g/mol. The second kappa shape index (κ2) is 5.17. The number of hydrogen-bond donors (Lipinski definition) is 2. The van der Waals surface area contributed by atoms with Crippen LogP contribution in [0.15, 0.2) is 0 Å². The van der Waals surface area contributed by atoms with Gasteiger partial charge in [-0.3, -0.25) is 4.79 Å². The summed E-state index contributed by atoms with van der Waals surface area (Å²) >= 11 is 0. The third kappa shape index (κ3) is 2.97. The van der Waals surface area contributed by atoms with Gasteiger partial charge in [-0.15, -0.1) is 0 Å². The molecule has 0 aliphatic heterocycles. The second-order valence-corrected chi connectivity index (χ2v) is 5.39. The van der Waals surface area contributed by atoms with Crippen LogP contribution in [0.1, 0.15) is 52.4 Å². The van der Waals surface area contributed by atoms with Crippen molar-refractivity contribution in [2.45, 2.75) is 70.5 Å². The van der Waals surface area contributed by atoms with Crippen LogP contribution in [-0.2, 0) is 4.79 Å². The number of carbonyl (C=O) groups excluding carboxylic acids is 1. The molecule has 3 atom stereocenters. The summed E-state index contributed by atoms with van der Waals surface area (Å²) in [5, 5.41) is 6.56. The molecule has 0 aromatic rings. The van der Waals surface area contributed by atoms with E-state index in [1.807, 2.05) is 6.92 Å². The Balaban J connectivity index is 1.67. The van der Waals surface area contributed by atoms with Crippen LogP contribution in [0.5, 0.6) is 0 Å². The van der Waals surface area contributed by atoms with Gasteiger partial charge in [0.2, 0.25) is 5.91 Å². The van der Waals surface area contributed by atoms with Crippen LogP contribution in [0.25, 0.3) is 0 Å². The standard InChI is InChI=1S/C13H24N2O/c1-3-10-8-12(10)14-9(2)13(16)15-11-6-4-5-7-11/h9-12,14H,3-8H2,1-2H3,(H,15,16). The normalized spacial score (nSPS) is 31.4. The van der Waals surface area contributed by atoms with Crippen molar-refractivity contribution >= 4 is 5.91 Å². The van der Waals surface area contributed by atoms with E-state index in [2.05, 4.69) is 17.6 Å². The van der Waals surface area contributed by atoms with Crippen molar-refractivity contribution in [3.05, 3.63) is 0 Å². The lowest BCUT2D eigenvalue weighted by atomic mass is 10.2. The molecule has 0 aromatic carbocycles. The zero-order valence-corrected chi connectivity index (χ0v) is 10.5. The highest BCUT2D eigenvalue weighted by molar-refractivity contribution is 5.81. The molecule has 1 amide bonds. The molecule has 3 unspecified atom stereocenters. The molecule has 3 heteroatoms. The maximum Gasteiger partial charge on any atom is 0.237 e. The minimum absolute atomic E-state index is 0.0258. The topological polar surface area (TPSA) is 41.1 Å². The van der Waals surface area contributed by atoms with Crippen molar-refractivity contribution in [2.24, 2.45) is 5.92 Å². The number of nitrogens with one attached hydrogen (secondary N) is 2. The van der Waals surface area contributed by atoms with Crippen LogP contribution >= 0.6 is 0 Å². The number of amides is 1. The van der Waals surface area contributed by atoms with Gasteiger partial charge in [0.1, 0.15) is 0 Å². The van der Waals surface area contributed by atoms with Gasteiger partial charge in [0, 0.05) is 12.1 Å². The molecule has 2 N–H and O–H groups in total. The average Bonchev–Trinajstić information content (AvgIpc) is 2.81. The van der Waals surface area contributed by atoms with Gasteiger partial charge in [-0.2, -0.15) is 0 Å². The molecule has 92 valence electrons. The quantitative estimate of drug-likeness (QED) is 0.748. The first kappa shape index (κ1) is 11.9. The highest BCUT2D eigenvalue weighted by Gasteiger charge is 2.37. The Labute approximate surface area is 98.4 Å². The minimum atomic E-state index is -0.0258. The van der Waals surface area contributed by atoms with E-state index in [0.717, 1.165) is 5.92 Å². The number of rotatable bonds is 5. The van der Waals surface area contributed by atoms with Crippen molar-refractivity contribution < 1.29 is 4.79 Å². The van der Waals surface area contributed by atoms with Gasteiger partial charge in [0.15, 0.2) is 0 Å². The lowest BCUT2D eigenvalue weighted by molar-refractivity contribution is -0.123. The molecule has 0 aromatic heterocycles. The zero-order chi connectivity index (χ0) is 11.5. The van der Waals surface area contributed by atoms with Crippen molar-refractivity contribution in [1.82, 2.24) is 10.6 Å². The zero-order valence-electron chi connectivity index (χ0n) is 10.5. The maximum absolute atomic E-state index is 11.9. The van der Waals surface area contributed by atoms with Crippen LogP contribution in [0.4, 0.5) is 0 Å². The molecule has 2 fully saturated rings. The van der Waals surface area contributed by atoms with Gasteiger partial charge in [-0.25, -0.2) is 0 Å². The van der Waals surface area contributed by atoms with Crippen LogP contribution in [0.2, 0.25) is 0 Å². The molecular weight excluding hydrogens is 200 g/mol. The van der Waals surface area contributed by atoms with Crippen molar-refractivity contribution in [2.75, 3.05) is 0 Å². The molecule has 0 heterocycles. The molecule has 2 rings (SSSR count). The van der Waals surface area contributed by atoms with Gasteiger partial charge in [-0.05, 0) is 32.1 Å². The molecule has 0 bridgehead atoms. The Kier molecular flexibility index (Phi) is 3.85. The molecule has 0 spiro atoms. The van der Waals surface area contributed by atoms with Crippen molar-refractivity contribution in [1.29, 1.82) is 0 Å². The summed E-state index contributed by atoms with van der Waals surface area (Å²) in [7, 11) is 0. The van der Waals surface area contributed by atoms with Crippen LogP contribution < -0.4 is 10.6 Å². The van der Waals surface area contributed by atoms with E-state index in [1.54, 1.807) is 0 Å². The highest BCUT2D eigenvalue weighted by Crippen LogP contribution is 2.33. The van der Waals surface area contributed by atoms with Crippen LogP contribution in [0.3, 0.4) is 0 Å². The summed E-state index contributed by atoms with van der Waals surface area (Å²) < 4.78 is 0. The Hall–Kier alpha value is -0.570. The Morgan fingerprint density at radius 3 is 2.62 bits per heavy atom. The number of hydrogen-bond acceptors (Lipinski definition) is 2. The second-order valence-electron chi connectivity index (χ2n) is 5.39. The predicted molar refractivity (Wildman–Crippen MR) is 65.2 cm³/mol. The summed E-state index contributed by atoms with van der Waals surface area (Å²) in [6.07, 6.45) is 7.35. The smallest absolute Gasteiger partial charge is 0.237 e. The van der Waals surface area contributed by atoms with E-state index in [4.69, 9.17) is 0 Å². The summed E-state index contributed by atoms with van der Waals surface area (Å²) in [5.74, 6) is 0.996. The van der Waals surface area contributed by atoms with E-state index in [1.165, 1.54) is 38.5 Å². The molecule has 0 saturated heterocycles. The SMILES string of the molecule is CCC1CC1NC(C)C(=O)NC1CCCC1. The van der Waals surface area contributed by atoms with Gasteiger partial charge >= 0.3 is 0 Å². The number of carbonyl (C=O) groups is 1. The molecule has 16 heavy (non-hydrogen) atoms. The highest BCUT2D eigenvalue weighted by atomic mass is 16.2. The molecular formula is C13H24N2O. The fraction of sp³-hybridized carbons (Fsp3) is 0.923. The third-order valence-corrected chi connectivity index (χ3v) is 4.01. The molecule has 2 aliphatic rings. The average molecular weight is 224 g/mol. The first-order chi connectivity index (χ1) is 7.70. The van der Waals surface area contributed by atoms with E-state index in [-0.39, 0.29) is 11.9 Å². The van der Waals surface area contributed by atoms with E-state index in [9.17, 15) is 4.79 Å². The van der Waals surface area contributed by atoms with E-state index in [0.29, 0.717) is 12.1 Å². The first-order valence-electron chi connectivity index (χ1n) is 6.77. The lowest BCUT2D eigenvalue weighted by Crippen LogP contribution is -2.46. The summed E-state index contributed by atoms with van der Waals surface area (Å²) in [5.41, 5.74) is 0. The fourth-order valence-electron chi connectivity index (χ4n) is 2.70. The minimum Gasteiger partial charge on any atom is -0.352 e. The summed E-state index contributed by atoms with van der Waals surface area (Å²) in [4.78, 5) is 11.9. The van der Waals surface area contributed by atoms with Crippen LogP contribution in [-0.4, -0.2) is 24.0 Å². The lowest BCUT2D eigenvalue weighted by Gasteiger charge is -2.17. The summed E-state index contributed by atoms with van der Waals surface area (Å²) in [6.45, 7) is 4.20. The van der Waals surface area contributed by atoms with Gasteiger partial charge in [0.05, 0.1) is 6.04 Å². The Bertz CT molecular complexity index is 248. The van der Waals surface area contributed by atoms with Crippen molar-refractivity contribution in [3.63, 3.8) is 0 Å². The van der Waals surface area contributed by atoms with E-state index >= 15 is 0 Å². The Morgan fingerprint density at radius 1 is 1.38 bits per heavy atom. The van der Waals surface area contributed by atoms with Crippen molar-refractivity contribution in [3.8, 4) is 0 Å². The van der Waals surface area contributed by atoms with Gasteiger partial charge in [0.25, 0.3) is 0 Å². The Morgan fingerprint density at radius 2 is 2.06 bits per heavy atom. The third-order valence-electron chi connectivity index (χ3n) is 4.01. The maximum atomic E-state index is 11.9.